The number of pyridine rings is 2. The van der Waals surface area contributed by atoms with Gasteiger partial charge in [-0.05, 0) is 60.5 Å². The molecule has 6 rings (SSSR count). The highest BCUT2D eigenvalue weighted by molar-refractivity contribution is 5.92. The molecule has 0 radical (unpaired) electrons. The van der Waals surface area contributed by atoms with Crippen LogP contribution in [0.5, 0.6) is 0 Å². The van der Waals surface area contributed by atoms with E-state index in [0.29, 0.717) is 0 Å². The van der Waals surface area contributed by atoms with E-state index in [9.17, 15) is 4.39 Å². The summed E-state index contributed by atoms with van der Waals surface area (Å²) >= 11 is 0. The number of nitrogens with zero attached hydrogens (tertiary/aromatic N) is 3. The minimum absolute atomic E-state index is 0.242. The average molecular weight is 433 g/mol. The lowest BCUT2D eigenvalue weighted by atomic mass is 9.97. The van der Waals surface area contributed by atoms with Gasteiger partial charge in [-0.3, -0.25) is 10.1 Å². The number of nitrogens with one attached hydrogen (secondary N) is 2. The number of hydrogen-bond donors (Lipinski definition) is 2. The van der Waals surface area contributed by atoms with Crippen molar-refractivity contribution in [3.05, 3.63) is 107 Å². The van der Waals surface area contributed by atoms with E-state index in [1.54, 1.807) is 12.4 Å². The maximum Gasteiger partial charge on any atom is 0.135 e. The second-order valence-electron chi connectivity index (χ2n) is 8.26. The summed E-state index contributed by atoms with van der Waals surface area (Å²) in [6, 6.07) is 16.6. The normalized spacial score (nSPS) is 13.4. The predicted octanol–water partition coefficient (Wildman–Crippen LogP) is 6.09. The Kier molecular flexibility index (Phi) is 4.50. The van der Waals surface area contributed by atoms with E-state index in [1.807, 2.05) is 36.4 Å². The van der Waals surface area contributed by atoms with Gasteiger partial charge in [-0.2, -0.15) is 5.10 Å². The summed E-state index contributed by atoms with van der Waals surface area (Å²) in [5.41, 5.74) is 10.6. The third-order valence-electron chi connectivity index (χ3n) is 5.96. The van der Waals surface area contributed by atoms with Crippen molar-refractivity contribution >= 4 is 16.6 Å². The molecular weight excluding hydrogens is 413 g/mol. The largest absolute Gasteiger partial charge is 0.356 e. The molecule has 2 N–H and O–H groups in total. The number of aromatic amines is 2. The molecule has 1 aromatic carbocycles. The first-order valence-corrected chi connectivity index (χ1v) is 10.8. The van der Waals surface area contributed by atoms with E-state index >= 15 is 0 Å². The van der Waals surface area contributed by atoms with E-state index < -0.39 is 0 Å². The van der Waals surface area contributed by atoms with Crippen molar-refractivity contribution in [3.63, 3.8) is 0 Å². The molecule has 5 aromatic rings. The molecule has 160 valence electrons. The summed E-state index contributed by atoms with van der Waals surface area (Å²) in [6.07, 6.45) is 8.58. The smallest absolute Gasteiger partial charge is 0.135 e. The van der Waals surface area contributed by atoms with Crippen LogP contribution in [-0.4, -0.2) is 25.1 Å². The van der Waals surface area contributed by atoms with Gasteiger partial charge in [-0.1, -0.05) is 29.9 Å². The number of H-pyrrole nitrogens is 2. The lowest BCUT2D eigenvalue weighted by molar-refractivity contribution is 0.627. The quantitative estimate of drug-likeness (QED) is 0.362. The fraction of sp³-hybridized carbons (Fsp3) is 0.0741. The Morgan fingerprint density at radius 1 is 0.970 bits per heavy atom. The van der Waals surface area contributed by atoms with Gasteiger partial charge in [0.1, 0.15) is 17.0 Å². The minimum Gasteiger partial charge on any atom is -0.356 e. The zero-order valence-corrected chi connectivity index (χ0v) is 17.9. The molecule has 33 heavy (non-hydrogen) atoms. The molecule has 4 heterocycles. The average Bonchev–Trinajstić information content (AvgIpc) is 3.41. The molecule has 0 unspecified atom stereocenters. The van der Waals surface area contributed by atoms with Crippen LogP contribution in [0.15, 0.2) is 84.7 Å². The molecule has 1 aliphatic carbocycles. The lowest BCUT2D eigenvalue weighted by Crippen LogP contribution is -1.92. The molecule has 0 bridgehead atoms. The molecule has 0 atom stereocenters. The molecule has 4 aromatic heterocycles. The second-order valence-corrected chi connectivity index (χ2v) is 8.26. The summed E-state index contributed by atoms with van der Waals surface area (Å²) in [7, 11) is 0. The molecule has 6 heteroatoms. The van der Waals surface area contributed by atoms with Crippen molar-refractivity contribution in [2.75, 3.05) is 0 Å². The molecular formula is C27H20FN5. The van der Waals surface area contributed by atoms with Gasteiger partial charge in [-0.15, -0.1) is 0 Å². The fourth-order valence-corrected chi connectivity index (χ4v) is 4.30. The maximum atomic E-state index is 13.5. The van der Waals surface area contributed by atoms with Crippen LogP contribution in [0.2, 0.25) is 0 Å². The fourth-order valence-electron chi connectivity index (χ4n) is 4.30. The Morgan fingerprint density at radius 3 is 2.67 bits per heavy atom. The molecule has 0 amide bonds. The summed E-state index contributed by atoms with van der Waals surface area (Å²) in [5.74, 6) is -0.242. The van der Waals surface area contributed by atoms with Gasteiger partial charge in [0, 0.05) is 35.6 Å². The number of aromatic nitrogens is 5. The van der Waals surface area contributed by atoms with E-state index in [0.717, 1.165) is 62.5 Å². The van der Waals surface area contributed by atoms with E-state index in [1.165, 1.54) is 17.7 Å². The van der Waals surface area contributed by atoms with Gasteiger partial charge < -0.3 is 4.98 Å². The topological polar surface area (TPSA) is 70.2 Å². The molecule has 0 aliphatic heterocycles. The summed E-state index contributed by atoms with van der Waals surface area (Å²) in [6.45, 7) is 2.11. The molecule has 0 fully saturated rings. The van der Waals surface area contributed by atoms with Crippen LogP contribution in [0, 0.1) is 5.82 Å². The zero-order valence-electron chi connectivity index (χ0n) is 17.9. The number of hydrogen-bond acceptors (Lipinski definition) is 3. The van der Waals surface area contributed by atoms with Crippen LogP contribution in [0.25, 0.3) is 39.3 Å². The van der Waals surface area contributed by atoms with Gasteiger partial charge in [-0.25, -0.2) is 9.37 Å². The first-order valence-electron chi connectivity index (χ1n) is 10.8. The van der Waals surface area contributed by atoms with E-state index in [2.05, 4.69) is 45.3 Å². The van der Waals surface area contributed by atoms with Crippen molar-refractivity contribution in [2.45, 2.75) is 13.3 Å². The standard InChI is InChI=1S/C27H20FN5/c1-16-4-9-20(17-5-7-19(28)8-6-17)21-14-25(30-24(21)13-16)27-26-23(32-33-27)11-10-22(31-26)18-3-2-12-29-15-18/h2-12,14-15,30H,13H2,1H3,(H,32,33). The minimum atomic E-state index is -0.242. The SMILES string of the molecule is CC1=CC=C(c2ccc(F)cc2)c2cc(-c3n[nH]c4ccc(-c5cccnc5)nc34)[nH]c2C1. The monoisotopic (exact) mass is 433 g/mol. The molecule has 0 saturated carbocycles. The highest BCUT2D eigenvalue weighted by Crippen LogP contribution is 2.35. The Labute approximate surface area is 189 Å². The van der Waals surface area contributed by atoms with Crippen LogP contribution in [0.3, 0.4) is 0 Å². The van der Waals surface area contributed by atoms with E-state index in [4.69, 9.17) is 4.98 Å². The first kappa shape index (κ1) is 19.4. The van der Waals surface area contributed by atoms with Crippen molar-refractivity contribution in [3.8, 4) is 22.6 Å². The van der Waals surface area contributed by atoms with E-state index in [-0.39, 0.29) is 5.82 Å². The van der Waals surface area contributed by atoms with Crippen LogP contribution < -0.4 is 0 Å². The maximum absolute atomic E-state index is 13.5. The van der Waals surface area contributed by atoms with Gasteiger partial charge >= 0.3 is 0 Å². The highest BCUT2D eigenvalue weighted by Gasteiger charge is 2.20. The van der Waals surface area contributed by atoms with Gasteiger partial charge in [0.25, 0.3) is 0 Å². The number of rotatable bonds is 3. The Hall–Kier alpha value is -4.32. The summed E-state index contributed by atoms with van der Waals surface area (Å²) in [5, 5.41) is 7.68. The van der Waals surface area contributed by atoms with Crippen LogP contribution in [-0.2, 0) is 6.42 Å². The molecule has 0 saturated heterocycles. The van der Waals surface area contributed by atoms with Crippen molar-refractivity contribution in [2.24, 2.45) is 0 Å². The summed E-state index contributed by atoms with van der Waals surface area (Å²) < 4.78 is 13.5. The molecule has 0 spiro atoms. The number of halogens is 1. The number of allylic oxidation sites excluding steroid dienone is 3. The van der Waals surface area contributed by atoms with Gasteiger partial charge in [0.05, 0.1) is 16.9 Å². The predicted molar refractivity (Wildman–Crippen MR) is 128 cm³/mol. The van der Waals surface area contributed by atoms with Crippen LogP contribution in [0.1, 0.15) is 23.7 Å². The molecule has 1 aliphatic rings. The van der Waals surface area contributed by atoms with Crippen LogP contribution >= 0.6 is 0 Å². The Morgan fingerprint density at radius 2 is 1.85 bits per heavy atom. The third-order valence-corrected chi connectivity index (χ3v) is 5.96. The second kappa shape index (κ2) is 7.67. The van der Waals surface area contributed by atoms with Crippen molar-refractivity contribution in [1.29, 1.82) is 0 Å². The van der Waals surface area contributed by atoms with Crippen LogP contribution in [0.4, 0.5) is 4.39 Å². The zero-order chi connectivity index (χ0) is 22.4. The van der Waals surface area contributed by atoms with Gasteiger partial charge in [0.2, 0.25) is 0 Å². The third kappa shape index (κ3) is 3.46. The number of fused-ring (bicyclic) bond motifs is 2. The van der Waals surface area contributed by atoms with Crippen molar-refractivity contribution < 1.29 is 4.39 Å². The van der Waals surface area contributed by atoms with Gasteiger partial charge in [0.15, 0.2) is 0 Å². The van der Waals surface area contributed by atoms with Crippen molar-refractivity contribution in [1.82, 2.24) is 25.1 Å². The molecule has 5 nitrogen and oxygen atoms in total. The highest BCUT2D eigenvalue weighted by atomic mass is 19.1. The number of benzene rings is 1. The Balaban J connectivity index is 1.48. The summed E-state index contributed by atoms with van der Waals surface area (Å²) in [4.78, 5) is 12.7. The Bertz CT molecular complexity index is 1540. The lowest BCUT2D eigenvalue weighted by Gasteiger charge is -2.07. The first-order chi connectivity index (χ1) is 16.2.